The van der Waals surface area contributed by atoms with Gasteiger partial charge < -0.3 is 14.8 Å². The molecule has 7 nitrogen and oxygen atoms in total. The van der Waals surface area contributed by atoms with Crippen LogP contribution in [0.4, 0.5) is 14.6 Å². The molecule has 2 heterocycles. The fraction of sp³-hybridized carbons (Fsp3) is 0.233. The molecule has 40 heavy (non-hydrogen) atoms. The van der Waals surface area contributed by atoms with Crippen LogP contribution >= 0.6 is 11.8 Å². The van der Waals surface area contributed by atoms with Crippen molar-refractivity contribution in [2.24, 2.45) is 0 Å². The molecule has 0 spiro atoms. The number of carbonyl (C=O) groups excluding carboxylic acids is 1. The topological polar surface area (TPSA) is 82.5 Å². The van der Waals surface area contributed by atoms with E-state index in [2.05, 4.69) is 10.3 Å². The second-order valence-electron chi connectivity index (χ2n) is 9.24. The number of aromatic nitrogens is 2. The number of nitrogens with one attached hydrogen (secondary N) is 1. The molecule has 0 saturated carbocycles. The van der Waals surface area contributed by atoms with Crippen LogP contribution in [-0.2, 0) is 22.7 Å². The summed E-state index contributed by atoms with van der Waals surface area (Å²) in [5.41, 5.74) is 1.15. The number of rotatable bonds is 10. The third-order valence-electron chi connectivity index (χ3n) is 6.38. The first-order chi connectivity index (χ1) is 19.4. The lowest BCUT2D eigenvalue weighted by Gasteiger charge is -2.26. The number of carbonyl (C=O) groups is 1. The van der Waals surface area contributed by atoms with Gasteiger partial charge in [-0.15, -0.1) is 11.8 Å². The summed E-state index contributed by atoms with van der Waals surface area (Å²) in [6.07, 6.45) is -0.286. The lowest BCUT2D eigenvalue weighted by Crippen LogP contribution is -2.43. The van der Waals surface area contributed by atoms with Gasteiger partial charge in [0.15, 0.2) is 5.37 Å². The van der Waals surface area contributed by atoms with E-state index >= 15 is 8.78 Å². The largest absolute Gasteiger partial charge is 0.376 e. The number of benzene rings is 3. The summed E-state index contributed by atoms with van der Waals surface area (Å²) in [6, 6.07) is 28.2. The quantitative estimate of drug-likeness (QED) is 0.273. The Morgan fingerprint density at radius 1 is 0.900 bits per heavy atom. The molecule has 0 unspecified atom stereocenters. The van der Waals surface area contributed by atoms with Crippen molar-refractivity contribution < 1.29 is 23.0 Å². The normalized spacial score (nSPS) is 19.8. The van der Waals surface area contributed by atoms with E-state index in [1.54, 1.807) is 42.5 Å². The molecule has 1 aliphatic rings. The van der Waals surface area contributed by atoms with Crippen LogP contribution in [0.5, 0.6) is 0 Å². The summed E-state index contributed by atoms with van der Waals surface area (Å²) in [7, 11) is 0. The minimum atomic E-state index is -3.42. The van der Waals surface area contributed by atoms with E-state index in [4.69, 9.17) is 9.47 Å². The minimum absolute atomic E-state index is 0.00149. The van der Waals surface area contributed by atoms with E-state index in [9.17, 15) is 9.59 Å². The van der Waals surface area contributed by atoms with Gasteiger partial charge in [0.2, 0.25) is 0 Å². The van der Waals surface area contributed by atoms with Gasteiger partial charge in [-0.05, 0) is 29.3 Å². The van der Waals surface area contributed by atoms with Crippen LogP contribution < -0.4 is 11.0 Å². The Hall–Kier alpha value is -3.86. The fourth-order valence-corrected chi connectivity index (χ4v) is 5.89. The summed E-state index contributed by atoms with van der Waals surface area (Å²) >= 11 is 0.915. The summed E-state index contributed by atoms with van der Waals surface area (Å²) in [5, 5.41) is 0.210. The zero-order valence-corrected chi connectivity index (χ0v) is 22.2. The highest BCUT2D eigenvalue weighted by atomic mass is 32.2. The van der Waals surface area contributed by atoms with Crippen molar-refractivity contribution in [3.63, 3.8) is 0 Å². The molecule has 0 aliphatic carbocycles. The zero-order chi connectivity index (χ0) is 28.0. The van der Waals surface area contributed by atoms with E-state index in [0.29, 0.717) is 5.56 Å². The molecule has 206 valence electrons. The van der Waals surface area contributed by atoms with Crippen molar-refractivity contribution >= 4 is 23.5 Å². The SMILES string of the molecule is O=C(Nc1ccn([C@@H]2S[C@@H](COCc3ccccc3)[C@H](OCc3ccccc3)C2(F)F)c(=O)n1)c1ccccc1. The van der Waals surface area contributed by atoms with E-state index in [-0.39, 0.29) is 25.6 Å². The number of amides is 1. The van der Waals surface area contributed by atoms with E-state index < -0.39 is 34.2 Å². The van der Waals surface area contributed by atoms with Crippen LogP contribution in [0.3, 0.4) is 0 Å². The average molecular weight is 564 g/mol. The molecule has 1 aromatic heterocycles. The molecule has 1 saturated heterocycles. The Bertz CT molecular complexity index is 1470. The Kier molecular flexibility index (Phi) is 8.69. The van der Waals surface area contributed by atoms with Crippen molar-refractivity contribution in [2.75, 3.05) is 11.9 Å². The van der Waals surface area contributed by atoms with Crippen molar-refractivity contribution in [3.8, 4) is 0 Å². The van der Waals surface area contributed by atoms with Crippen LogP contribution in [0.25, 0.3) is 0 Å². The van der Waals surface area contributed by atoms with E-state index in [0.717, 1.165) is 27.5 Å². The number of halogens is 2. The molecule has 1 fully saturated rings. The van der Waals surface area contributed by atoms with Gasteiger partial charge in [-0.1, -0.05) is 78.9 Å². The Morgan fingerprint density at radius 3 is 2.12 bits per heavy atom. The second-order valence-corrected chi connectivity index (χ2v) is 10.6. The first-order valence-electron chi connectivity index (χ1n) is 12.7. The molecule has 10 heteroatoms. The number of ether oxygens (including phenoxy) is 2. The maximum Gasteiger partial charge on any atom is 0.350 e. The van der Waals surface area contributed by atoms with Gasteiger partial charge in [0.1, 0.15) is 11.9 Å². The standard InChI is InChI=1S/C30H27F2N3O4S/c31-30(32)26(39-19-22-12-6-2-7-13-22)24(20-38-18-21-10-4-1-5-11-21)40-28(30)35-17-16-25(34-29(35)37)33-27(36)23-14-8-3-9-15-23/h1-17,24,26,28H,18-20H2,(H,33,34,36,37)/t24-,26-,28+/m0/s1. The van der Waals surface area contributed by atoms with Crippen LogP contribution in [0.15, 0.2) is 108 Å². The first kappa shape index (κ1) is 27.7. The number of thioether (sulfide) groups is 1. The van der Waals surface area contributed by atoms with E-state index in [1.165, 1.54) is 12.3 Å². The van der Waals surface area contributed by atoms with Crippen molar-refractivity contribution in [2.45, 2.75) is 35.9 Å². The smallest absolute Gasteiger partial charge is 0.350 e. The predicted molar refractivity (Wildman–Crippen MR) is 149 cm³/mol. The highest BCUT2D eigenvalue weighted by molar-refractivity contribution is 8.00. The van der Waals surface area contributed by atoms with Crippen LogP contribution in [0.2, 0.25) is 0 Å². The van der Waals surface area contributed by atoms with Crippen molar-refractivity contribution in [3.05, 3.63) is 130 Å². The Morgan fingerprint density at radius 2 is 1.50 bits per heavy atom. The van der Waals surface area contributed by atoms with Crippen LogP contribution in [0, 0.1) is 0 Å². The number of alkyl halides is 2. The van der Waals surface area contributed by atoms with Crippen LogP contribution in [-0.4, -0.2) is 39.3 Å². The zero-order valence-electron chi connectivity index (χ0n) is 21.4. The molecule has 4 aromatic rings. The maximum atomic E-state index is 15.9. The highest BCUT2D eigenvalue weighted by Gasteiger charge is 2.60. The average Bonchev–Trinajstić information content (AvgIpc) is 3.22. The number of hydrogen-bond donors (Lipinski definition) is 1. The van der Waals surface area contributed by atoms with Gasteiger partial charge in [0.05, 0.1) is 25.1 Å². The van der Waals surface area contributed by atoms with Gasteiger partial charge in [-0.2, -0.15) is 4.98 Å². The molecule has 1 N–H and O–H groups in total. The van der Waals surface area contributed by atoms with Crippen molar-refractivity contribution in [1.29, 1.82) is 0 Å². The summed E-state index contributed by atoms with van der Waals surface area (Å²) in [5.74, 6) is -3.91. The van der Waals surface area contributed by atoms with Gasteiger partial charge in [0, 0.05) is 11.8 Å². The fourth-order valence-electron chi connectivity index (χ4n) is 4.38. The Labute approximate surface area is 234 Å². The Balaban J connectivity index is 1.33. The number of hydrogen-bond acceptors (Lipinski definition) is 6. The lowest BCUT2D eigenvalue weighted by atomic mass is 10.1. The maximum absolute atomic E-state index is 15.9. The third-order valence-corrected chi connectivity index (χ3v) is 7.91. The van der Waals surface area contributed by atoms with Gasteiger partial charge >= 0.3 is 11.6 Å². The monoisotopic (exact) mass is 563 g/mol. The molecule has 5 rings (SSSR count). The van der Waals surface area contributed by atoms with Gasteiger partial charge in [0.25, 0.3) is 5.91 Å². The molecule has 3 aromatic carbocycles. The molecular formula is C30H27F2N3O4S. The minimum Gasteiger partial charge on any atom is -0.376 e. The molecule has 3 atom stereocenters. The predicted octanol–water partition coefficient (Wildman–Crippen LogP) is 5.55. The molecular weight excluding hydrogens is 536 g/mol. The second kappa shape index (κ2) is 12.5. The number of anilines is 1. The third kappa shape index (κ3) is 6.47. The molecule has 0 radical (unpaired) electrons. The summed E-state index contributed by atoms with van der Waals surface area (Å²) < 4.78 is 44.3. The summed E-state index contributed by atoms with van der Waals surface area (Å²) in [6.45, 7) is 0.247. The van der Waals surface area contributed by atoms with Gasteiger partial charge in [-0.3, -0.25) is 9.36 Å². The van der Waals surface area contributed by atoms with Crippen LogP contribution in [0.1, 0.15) is 26.9 Å². The highest BCUT2D eigenvalue weighted by Crippen LogP contribution is 2.53. The molecule has 0 bridgehead atoms. The summed E-state index contributed by atoms with van der Waals surface area (Å²) in [4.78, 5) is 29.2. The number of nitrogens with zero attached hydrogens (tertiary/aromatic N) is 2. The van der Waals surface area contributed by atoms with Crippen molar-refractivity contribution in [1.82, 2.24) is 9.55 Å². The molecule has 1 aliphatic heterocycles. The molecule has 1 amide bonds. The first-order valence-corrected chi connectivity index (χ1v) is 13.6. The van der Waals surface area contributed by atoms with E-state index in [1.807, 2.05) is 48.5 Å². The lowest BCUT2D eigenvalue weighted by molar-refractivity contribution is -0.148. The van der Waals surface area contributed by atoms with Gasteiger partial charge in [-0.25, -0.2) is 13.6 Å².